The lowest BCUT2D eigenvalue weighted by Gasteiger charge is -2.13. The Morgan fingerprint density at radius 2 is 2.09 bits per heavy atom. The molecule has 1 amide bonds. The number of nitrogens with zero attached hydrogens (tertiary/aromatic N) is 1. The molecule has 1 aromatic carbocycles. The van der Waals surface area contributed by atoms with Gasteiger partial charge >= 0.3 is 6.18 Å². The van der Waals surface area contributed by atoms with Crippen LogP contribution in [-0.4, -0.2) is 10.9 Å². The summed E-state index contributed by atoms with van der Waals surface area (Å²) in [5.74, 6) is -0.557. The van der Waals surface area contributed by atoms with Crippen LogP contribution in [0.4, 0.5) is 18.9 Å². The standard InChI is InChI=1S/C14H14F3N3OS/c1-8(18)13-19-9(7-22-13)6-12(21)20-11-5-3-2-4-10(11)14(15,16)17/h2-5,7-8H,6,18H2,1H3,(H,20,21). The van der Waals surface area contributed by atoms with Gasteiger partial charge in [0.1, 0.15) is 5.01 Å². The predicted octanol–water partition coefficient (Wildman–Crippen LogP) is 3.36. The number of amides is 1. The fourth-order valence-electron chi connectivity index (χ4n) is 1.81. The molecule has 2 rings (SSSR count). The Labute approximate surface area is 129 Å². The minimum Gasteiger partial charge on any atom is -0.325 e. The molecule has 0 fully saturated rings. The van der Waals surface area contributed by atoms with Crippen LogP contribution >= 0.6 is 11.3 Å². The molecule has 1 atom stereocenters. The second-order valence-corrected chi connectivity index (χ2v) is 5.62. The number of hydrogen-bond acceptors (Lipinski definition) is 4. The number of carbonyl (C=O) groups excluding carboxylic acids is 1. The maximum atomic E-state index is 12.8. The maximum absolute atomic E-state index is 12.8. The summed E-state index contributed by atoms with van der Waals surface area (Å²) >= 11 is 1.32. The van der Waals surface area contributed by atoms with E-state index in [0.29, 0.717) is 10.7 Å². The van der Waals surface area contributed by atoms with E-state index in [0.717, 1.165) is 6.07 Å². The summed E-state index contributed by atoms with van der Waals surface area (Å²) < 4.78 is 38.5. The number of carbonyl (C=O) groups is 1. The van der Waals surface area contributed by atoms with E-state index in [4.69, 9.17) is 5.73 Å². The molecular formula is C14H14F3N3OS. The molecule has 1 unspecified atom stereocenters. The van der Waals surface area contributed by atoms with Crippen LogP contribution < -0.4 is 11.1 Å². The van der Waals surface area contributed by atoms with E-state index in [1.54, 1.807) is 12.3 Å². The molecule has 0 aliphatic rings. The summed E-state index contributed by atoms with van der Waals surface area (Å²) in [7, 11) is 0. The third-order valence-corrected chi connectivity index (χ3v) is 3.90. The van der Waals surface area contributed by atoms with Crippen LogP contribution in [-0.2, 0) is 17.4 Å². The van der Waals surface area contributed by atoms with E-state index in [1.807, 2.05) is 0 Å². The second-order valence-electron chi connectivity index (χ2n) is 4.73. The average molecular weight is 329 g/mol. The quantitative estimate of drug-likeness (QED) is 0.904. The summed E-state index contributed by atoms with van der Waals surface area (Å²) in [5.41, 5.74) is 5.02. The van der Waals surface area contributed by atoms with E-state index in [2.05, 4.69) is 10.3 Å². The summed E-state index contributed by atoms with van der Waals surface area (Å²) in [5, 5.41) is 4.63. The summed E-state index contributed by atoms with van der Waals surface area (Å²) in [6.45, 7) is 1.77. The van der Waals surface area contributed by atoms with Gasteiger partial charge in [0.2, 0.25) is 5.91 Å². The molecular weight excluding hydrogens is 315 g/mol. The molecule has 0 bridgehead atoms. The number of rotatable bonds is 4. The van der Waals surface area contributed by atoms with Gasteiger partial charge in [0.25, 0.3) is 0 Å². The molecule has 3 N–H and O–H groups in total. The van der Waals surface area contributed by atoms with Crippen molar-refractivity contribution in [3.8, 4) is 0 Å². The van der Waals surface area contributed by atoms with Gasteiger partial charge in [-0.15, -0.1) is 11.3 Å². The molecule has 8 heteroatoms. The van der Waals surface area contributed by atoms with Gasteiger partial charge in [-0.1, -0.05) is 12.1 Å². The molecule has 0 aliphatic carbocycles. The Balaban J connectivity index is 2.09. The van der Waals surface area contributed by atoms with Crippen molar-refractivity contribution in [2.24, 2.45) is 5.73 Å². The Kier molecular flexibility index (Phi) is 4.82. The lowest BCUT2D eigenvalue weighted by molar-refractivity contribution is -0.137. The smallest absolute Gasteiger partial charge is 0.325 e. The summed E-state index contributed by atoms with van der Waals surface area (Å²) in [6, 6.07) is 4.60. The Bertz CT molecular complexity index is 667. The van der Waals surface area contributed by atoms with E-state index in [-0.39, 0.29) is 18.2 Å². The molecule has 1 aromatic heterocycles. The van der Waals surface area contributed by atoms with Crippen molar-refractivity contribution in [2.75, 3.05) is 5.32 Å². The van der Waals surface area contributed by atoms with Crippen molar-refractivity contribution in [1.82, 2.24) is 4.98 Å². The Hall–Kier alpha value is -1.93. The molecule has 1 heterocycles. The van der Waals surface area contributed by atoms with Crippen LogP contribution in [0.5, 0.6) is 0 Å². The molecule has 0 saturated carbocycles. The van der Waals surface area contributed by atoms with E-state index in [9.17, 15) is 18.0 Å². The van der Waals surface area contributed by atoms with E-state index < -0.39 is 17.6 Å². The first kappa shape index (κ1) is 16.4. The largest absolute Gasteiger partial charge is 0.418 e. The van der Waals surface area contributed by atoms with E-state index >= 15 is 0 Å². The highest BCUT2D eigenvalue weighted by atomic mass is 32.1. The van der Waals surface area contributed by atoms with E-state index in [1.165, 1.54) is 29.5 Å². The first-order chi connectivity index (χ1) is 10.3. The number of alkyl halides is 3. The summed E-state index contributed by atoms with van der Waals surface area (Å²) in [4.78, 5) is 16.1. The Morgan fingerprint density at radius 3 is 2.68 bits per heavy atom. The third-order valence-electron chi connectivity index (χ3n) is 2.81. The van der Waals surface area contributed by atoms with Crippen molar-refractivity contribution in [3.05, 3.63) is 45.9 Å². The fourth-order valence-corrected chi connectivity index (χ4v) is 2.59. The first-order valence-corrected chi connectivity index (χ1v) is 7.31. The Morgan fingerprint density at radius 1 is 1.41 bits per heavy atom. The van der Waals surface area contributed by atoms with Crippen LogP contribution in [0.2, 0.25) is 0 Å². The monoisotopic (exact) mass is 329 g/mol. The zero-order chi connectivity index (χ0) is 16.3. The first-order valence-electron chi connectivity index (χ1n) is 6.43. The van der Waals surface area contributed by atoms with Crippen LogP contribution in [0, 0.1) is 0 Å². The number of hydrogen-bond donors (Lipinski definition) is 2. The van der Waals surface area contributed by atoms with Gasteiger partial charge in [-0.05, 0) is 19.1 Å². The molecule has 0 spiro atoms. The average Bonchev–Trinajstić information content (AvgIpc) is 2.86. The molecule has 0 radical (unpaired) electrons. The second kappa shape index (κ2) is 6.45. The minimum absolute atomic E-state index is 0.102. The zero-order valence-corrected chi connectivity index (χ0v) is 12.5. The minimum atomic E-state index is -4.52. The summed E-state index contributed by atoms with van der Waals surface area (Å²) in [6.07, 6.45) is -4.62. The van der Waals surface area contributed by atoms with Crippen LogP contribution in [0.25, 0.3) is 0 Å². The number of anilines is 1. The van der Waals surface area contributed by atoms with Crippen LogP contribution in [0.1, 0.15) is 29.2 Å². The number of aromatic nitrogens is 1. The number of nitrogens with two attached hydrogens (primary N) is 1. The van der Waals surface area contributed by atoms with Crippen LogP contribution in [0.3, 0.4) is 0 Å². The lowest BCUT2D eigenvalue weighted by atomic mass is 10.1. The van der Waals surface area contributed by atoms with Gasteiger partial charge in [0.15, 0.2) is 0 Å². The van der Waals surface area contributed by atoms with Gasteiger partial charge in [-0.25, -0.2) is 4.98 Å². The van der Waals surface area contributed by atoms with Crippen molar-refractivity contribution >= 4 is 22.9 Å². The molecule has 22 heavy (non-hydrogen) atoms. The number of para-hydroxylation sites is 1. The van der Waals surface area contributed by atoms with Gasteiger partial charge in [0.05, 0.1) is 29.4 Å². The molecule has 2 aromatic rings. The van der Waals surface area contributed by atoms with Gasteiger partial charge in [0, 0.05) is 5.38 Å². The SMILES string of the molecule is CC(N)c1nc(CC(=O)Nc2ccccc2C(F)(F)F)cs1. The van der Waals surface area contributed by atoms with Gasteiger partial charge in [-0.2, -0.15) is 13.2 Å². The lowest BCUT2D eigenvalue weighted by Crippen LogP contribution is -2.18. The number of halogens is 3. The van der Waals surface area contributed by atoms with Crippen molar-refractivity contribution in [3.63, 3.8) is 0 Å². The zero-order valence-electron chi connectivity index (χ0n) is 11.6. The van der Waals surface area contributed by atoms with Gasteiger partial charge in [-0.3, -0.25) is 4.79 Å². The van der Waals surface area contributed by atoms with Crippen molar-refractivity contribution in [2.45, 2.75) is 25.6 Å². The normalized spacial score (nSPS) is 13.0. The topological polar surface area (TPSA) is 68.0 Å². The number of nitrogens with one attached hydrogen (secondary N) is 1. The fraction of sp³-hybridized carbons (Fsp3) is 0.286. The number of thiazole rings is 1. The molecule has 0 aliphatic heterocycles. The highest BCUT2D eigenvalue weighted by molar-refractivity contribution is 7.09. The van der Waals surface area contributed by atoms with Crippen molar-refractivity contribution in [1.29, 1.82) is 0 Å². The van der Waals surface area contributed by atoms with Crippen molar-refractivity contribution < 1.29 is 18.0 Å². The third kappa shape index (κ3) is 4.05. The predicted molar refractivity (Wildman–Crippen MR) is 78.5 cm³/mol. The highest BCUT2D eigenvalue weighted by Crippen LogP contribution is 2.34. The molecule has 0 saturated heterocycles. The highest BCUT2D eigenvalue weighted by Gasteiger charge is 2.33. The molecule has 4 nitrogen and oxygen atoms in total. The van der Waals surface area contributed by atoms with Crippen LogP contribution in [0.15, 0.2) is 29.6 Å². The van der Waals surface area contributed by atoms with Gasteiger partial charge < -0.3 is 11.1 Å². The maximum Gasteiger partial charge on any atom is 0.418 e. The molecule has 118 valence electrons. The number of benzene rings is 1.